The minimum atomic E-state index is -0.408. The largest absolute Gasteiger partial charge is 0.462 e. The van der Waals surface area contributed by atoms with Gasteiger partial charge in [-0.2, -0.15) is 0 Å². The Morgan fingerprint density at radius 1 is 1.23 bits per heavy atom. The Bertz CT molecular complexity index is 987. The lowest BCUT2D eigenvalue weighted by Gasteiger charge is -2.09. The zero-order valence-corrected chi connectivity index (χ0v) is 16.1. The molecule has 0 spiro atoms. The molecule has 1 aromatic carbocycles. The van der Waals surface area contributed by atoms with E-state index in [0.29, 0.717) is 17.2 Å². The summed E-state index contributed by atoms with van der Waals surface area (Å²) in [5.41, 5.74) is 3.04. The highest BCUT2D eigenvalue weighted by Gasteiger charge is 2.22. The lowest BCUT2D eigenvalue weighted by atomic mass is 10.1. The number of esters is 1. The number of thiophene rings is 1. The molecule has 2 aromatic heterocycles. The van der Waals surface area contributed by atoms with Gasteiger partial charge in [-0.3, -0.25) is 4.79 Å². The topological polar surface area (TPSA) is 73.2 Å². The third-order valence-electron chi connectivity index (χ3n) is 4.26. The van der Waals surface area contributed by atoms with Crippen molar-refractivity contribution in [3.63, 3.8) is 0 Å². The quantitative estimate of drug-likeness (QED) is 0.692. The van der Waals surface area contributed by atoms with Gasteiger partial charge in [-0.05, 0) is 45.4 Å². The van der Waals surface area contributed by atoms with Gasteiger partial charge in [0.25, 0.3) is 0 Å². The molecule has 0 bridgehead atoms. The fourth-order valence-corrected chi connectivity index (χ4v) is 3.93. The molecule has 6 nitrogen and oxygen atoms in total. The molecule has 7 heteroatoms. The number of carbonyl (C=O) groups is 2. The second-order valence-corrected chi connectivity index (χ2v) is 7.21. The lowest BCUT2D eigenvalue weighted by molar-refractivity contribution is -0.116. The Hall–Kier alpha value is -2.67. The summed E-state index contributed by atoms with van der Waals surface area (Å²) in [7, 11) is 0. The molecule has 0 saturated carbocycles. The first-order valence-electron chi connectivity index (χ1n) is 8.41. The van der Waals surface area contributed by atoms with E-state index >= 15 is 0 Å². The highest BCUT2D eigenvalue weighted by Crippen LogP contribution is 2.33. The number of hydrogen-bond acceptors (Lipinski definition) is 5. The standard InChI is InChI=1S/C19H21N3O3S/c1-5-25-19(24)17-11(2)12(3)26-18(17)21-16(23)10-22-13(4)20-14-8-6-7-9-15(14)22/h6-9H,5,10H2,1-4H3,(H,21,23). The average molecular weight is 371 g/mol. The van der Waals surface area contributed by atoms with Crippen molar-refractivity contribution >= 4 is 39.2 Å². The van der Waals surface area contributed by atoms with Crippen LogP contribution in [0.3, 0.4) is 0 Å². The van der Waals surface area contributed by atoms with Gasteiger partial charge in [-0.15, -0.1) is 11.3 Å². The smallest absolute Gasteiger partial charge is 0.341 e. The number of para-hydroxylation sites is 2. The first-order chi connectivity index (χ1) is 12.4. The van der Waals surface area contributed by atoms with Crippen LogP contribution in [0.1, 0.15) is 33.5 Å². The van der Waals surface area contributed by atoms with Crippen LogP contribution in [0.25, 0.3) is 11.0 Å². The summed E-state index contributed by atoms with van der Waals surface area (Å²) >= 11 is 1.39. The van der Waals surface area contributed by atoms with E-state index in [2.05, 4.69) is 10.3 Å². The van der Waals surface area contributed by atoms with Gasteiger partial charge in [0.1, 0.15) is 17.4 Å². The molecule has 0 aliphatic heterocycles. The summed E-state index contributed by atoms with van der Waals surface area (Å²) in [5.74, 6) is 0.155. The zero-order valence-electron chi connectivity index (χ0n) is 15.3. The van der Waals surface area contributed by atoms with Crippen molar-refractivity contribution in [2.24, 2.45) is 0 Å². The van der Waals surface area contributed by atoms with Crippen molar-refractivity contribution in [2.75, 3.05) is 11.9 Å². The van der Waals surface area contributed by atoms with Crippen LogP contribution in [-0.2, 0) is 16.1 Å². The van der Waals surface area contributed by atoms with Crippen LogP contribution in [-0.4, -0.2) is 28.0 Å². The van der Waals surface area contributed by atoms with E-state index in [1.165, 1.54) is 11.3 Å². The molecule has 26 heavy (non-hydrogen) atoms. The first-order valence-corrected chi connectivity index (χ1v) is 9.22. The number of aryl methyl sites for hydroxylation is 2. The number of anilines is 1. The molecule has 0 saturated heterocycles. The van der Waals surface area contributed by atoms with Gasteiger partial charge < -0.3 is 14.6 Å². The Kier molecular flexibility index (Phi) is 5.08. The van der Waals surface area contributed by atoms with E-state index in [1.54, 1.807) is 6.92 Å². The van der Waals surface area contributed by atoms with Gasteiger partial charge >= 0.3 is 5.97 Å². The van der Waals surface area contributed by atoms with Crippen molar-refractivity contribution in [2.45, 2.75) is 34.2 Å². The Balaban J connectivity index is 1.85. The van der Waals surface area contributed by atoms with E-state index in [-0.39, 0.29) is 12.5 Å². The second kappa shape index (κ2) is 7.29. The van der Waals surface area contributed by atoms with E-state index in [1.807, 2.05) is 49.6 Å². The normalized spacial score (nSPS) is 10.9. The number of hydrogen-bond donors (Lipinski definition) is 1. The molecule has 0 unspecified atom stereocenters. The van der Waals surface area contributed by atoms with Crippen LogP contribution in [0.5, 0.6) is 0 Å². The van der Waals surface area contributed by atoms with E-state index in [4.69, 9.17) is 4.74 Å². The minimum absolute atomic E-state index is 0.130. The molecule has 0 aliphatic rings. The number of imidazole rings is 1. The predicted octanol–water partition coefficient (Wildman–Crippen LogP) is 3.84. The molecular weight excluding hydrogens is 350 g/mol. The molecule has 136 valence electrons. The predicted molar refractivity (Wildman–Crippen MR) is 103 cm³/mol. The van der Waals surface area contributed by atoms with Crippen LogP contribution in [0.15, 0.2) is 24.3 Å². The number of carbonyl (C=O) groups excluding carboxylic acids is 2. The molecule has 0 aliphatic carbocycles. The number of benzene rings is 1. The molecule has 2 heterocycles. The highest BCUT2D eigenvalue weighted by atomic mass is 32.1. The van der Waals surface area contributed by atoms with Crippen LogP contribution in [0.2, 0.25) is 0 Å². The fraction of sp³-hybridized carbons (Fsp3) is 0.316. The third kappa shape index (κ3) is 3.35. The van der Waals surface area contributed by atoms with Gasteiger partial charge in [-0.25, -0.2) is 9.78 Å². The molecule has 3 aromatic rings. The number of ether oxygens (including phenoxy) is 1. The molecular formula is C19H21N3O3S. The van der Waals surface area contributed by atoms with Gasteiger partial charge in [0, 0.05) is 4.88 Å². The molecule has 1 N–H and O–H groups in total. The van der Waals surface area contributed by atoms with Crippen molar-refractivity contribution in [1.82, 2.24) is 9.55 Å². The molecule has 1 amide bonds. The summed E-state index contributed by atoms with van der Waals surface area (Å²) in [6, 6.07) is 7.69. The SMILES string of the molecule is CCOC(=O)c1c(NC(=O)Cn2c(C)nc3ccccc32)sc(C)c1C. The summed E-state index contributed by atoms with van der Waals surface area (Å²) in [6.07, 6.45) is 0. The van der Waals surface area contributed by atoms with E-state index in [9.17, 15) is 9.59 Å². The third-order valence-corrected chi connectivity index (χ3v) is 5.39. The molecule has 0 radical (unpaired) electrons. The lowest BCUT2D eigenvalue weighted by Crippen LogP contribution is -2.20. The Morgan fingerprint density at radius 3 is 2.69 bits per heavy atom. The number of aromatic nitrogens is 2. The number of amides is 1. The Labute approximate surface area is 155 Å². The van der Waals surface area contributed by atoms with Crippen molar-refractivity contribution in [3.05, 3.63) is 46.1 Å². The van der Waals surface area contributed by atoms with Crippen LogP contribution in [0, 0.1) is 20.8 Å². The van der Waals surface area contributed by atoms with Crippen molar-refractivity contribution in [1.29, 1.82) is 0 Å². The van der Waals surface area contributed by atoms with Gasteiger partial charge in [0.15, 0.2) is 0 Å². The maximum Gasteiger partial charge on any atom is 0.341 e. The van der Waals surface area contributed by atoms with Gasteiger partial charge in [-0.1, -0.05) is 12.1 Å². The highest BCUT2D eigenvalue weighted by molar-refractivity contribution is 7.16. The summed E-state index contributed by atoms with van der Waals surface area (Å²) in [5, 5.41) is 3.40. The number of nitrogens with one attached hydrogen (secondary N) is 1. The maximum atomic E-state index is 12.6. The summed E-state index contributed by atoms with van der Waals surface area (Å²) in [4.78, 5) is 30.3. The maximum absolute atomic E-state index is 12.6. The fourth-order valence-electron chi connectivity index (χ4n) is 2.87. The number of fused-ring (bicyclic) bond motifs is 1. The van der Waals surface area contributed by atoms with Crippen molar-refractivity contribution < 1.29 is 14.3 Å². The summed E-state index contributed by atoms with van der Waals surface area (Å²) in [6.45, 7) is 7.84. The molecule has 3 rings (SSSR count). The van der Waals surface area contributed by atoms with E-state index < -0.39 is 5.97 Å². The number of nitrogens with zero attached hydrogens (tertiary/aromatic N) is 2. The monoisotopic (exact) mass is 371 g/mol. The Morgan fingerprint density at radius 2 is 1.96 bits per heavy atom. The van der Waals surface area contributed by atoms with Crippen LogP contribution in [0.4, 0.5) is 5.00 Å². The molecule has 0 atom stereocenters. The zero-order chi connectivity index (χ0) is 18.8. The summed E-state index contributed by atoms with van der Waals surface area (Å²) < 4.78 is 6.99. The van der Waals surface area contributed by atoms with Crippen molar-refractivity contribution in [3.8, 4) is 0 Å². The van der Waals surface area contributed by atoms with Gasteiger partial charge in [0.2, 0.25) is 5.91 Å². The second-order valence-electron chi connectivity index (χ2n) is 5.99. The van der Waals surface area contributed by atoms with E-state index in [0.717, 1.165) is 27.3 Å². The average Bonchev–Trinajstić information content (AvgIpc) is 3.05. The minimum Gasteiger partial charge on any atom is -0.462 e. The molecule has 0 fully saturated rings. The van der Waals surface area contributed by atoms with Crippen LogP contribution >= 0.6 is 11.3 Å². The van der Waals surface area contributed by atoms with Crippen LogP contribution < -0.4 is 5.32 Å². The first kappa shape index (κ1) is 18.1. The number of rotatable bonds is 5. The van der Waals surface area contributed by atoms with Gasteiger partial charge in [0.05, 0.1) is 23.2 Å².